The highest BCUT2D eigenvalue weighted by Gasteiger charge is 2.33. The highest BCUT2D eigenvalue weighted by atomic mass is 35.5. The Morgan fingerprint density at radius 3 is 2.72 bits per heavy atom. The minimum Gasteiger partial charge on any atom is -0.444 e. The first kappa shape index (κ1) is 21.6. The molecule has 3 rings (SSSR count). The van der Waals surface area contributed by atoms with Crippen LogP contribution in [0, 0.1) is 6.92 Å². The molecule has 1 aliphatic rings. The number of benzene rings is 1. The first-order valence-electron chi connectivity index (χ1n) is 9.98. The van der Waals surface area contributed by atoms with Gasteiger partial charge >= 0.3 is 6.09 Å². The van der Waals surface area contributed by atoms with Crippen LogP contribution in [0.1, 0.15) is 50.5 Å². The maximum atomic E-state index is 12.6. The summed E-state index contributed by atoms with van der Waals surface area (Å²) in [6.07, 6.45) is 1.33. The number of halogens is 1. The van der Waals surface area contributed by atoms with Crippen LogP contribution in [0.25, 0.3) is 0 Å². The summed E-state index contributed by atoms with van der Waals surface area (Å²) in [6, 6.07) is 7.83. The molecule has 1 aliphatic heterocycles. The quantitative estimate of drug-likeness (QED) is 0.719. The zero-order valence-electron chi connectivity index (χ0n) is 17.5. The van der Waals surface area contributed by atoms with Crippen molar-refractivity contribution in [3.8, 4) is 0 Å². The number of hydrogen-bond donors (Lipinski definition) is 0. The number of piperazine rings is 1. The van der Waals surface area contributed by atoms with E-state index < -0.39 is 5.60 Å². The number of aryl methyl sites for hydroxylation is 2. The van der Waals surface area contributed by atoms with Gasteiger partial charge in [0.1, 0.15) is 5.60 Å². The Morgan fingerprint density at radius 2 is 2.07 bits per heavy atom. The molecule has 2 aromatic rings. The molecule has 1 aromatic heterocycles. The maximum absolute atomic E-state index is 12.6. The topological polar surface area (TPSA) is 71.7 Å². The van der Waals surface area contributed by atoms with E-state index in [4.69, 9.17) is 20.9 Å². The number of nitrogens with zero attached hydrogens (tertiary/aromatic N) is 4. The molecular weight excluding hydrogens is 392 g/mol. The Morgan fingerprint density at radius 1 is 1.31 bits per heavy atom. The van der Waals surface area contributed by atoms with Gasteiger partial charge in [-0.05, 0) is 52.3 Å². The fourth-order valence-corrected chi connectivity index (χ4v) is 3.76. The monoisotopic (exact) mass is 420 g/mol. The average molecular weight is 421 g/mol. The van der Waals surface area contributed by atoms with Gasteiger partial charge in [-0.1, -0.05) is 35.0 Å². The van der Waals surface area contributed by atoms with Crippen molar-refractivity contribution in [3.63, 3.8) is 0 Å². The summed E-state index contributed by atoms with van der Waals surface area (Å²) in [7, 11) is 0. The Balaban J connectivity index is 1.70. The standard InChI is InChI=1S/C21H29ClN4O3/c1-15-23-19(29-24-15)10-7-11-25-12-13-26(20(27)28-21(2,3)4)14-18(25)16-8-5-6-9-17(16)22/h5-6,8-9,18H,7,10-14H2,1-4H3/t18-/m1/s1. The van der Waals surface area contributed by atoms with Crippen LogP contribution in [-0.4, -0.2) is 57.8 Å². The molecule has 2 heterocycles. The summed E-state index contributed by atoms with van der Waals surface area (Å²) in [4.78, 5) is 21.0. The van der Waals surface area contributed by atoms with E-state index in [-0.39, 0.29) is 12.1 Å². The minimum absolute atomic E-state index is 0.00869. The molecule has 1 aromatic carbocycles. The van der Waals surface area contributed by atoms with Crippen molar-refractivity contribution < 1.29 is 14.1 Å². The molecule has 158 valence electrons. The molecule has 0 unspecified atom stereocenters. The van der Waals surface area contributed by atoms with Crippen LogP contribution in [0.2, 0.25) is 5.02 Å². The predicted octanol–water partition coefficient (Wildman–Crippen LogP) is 4.26. The number of hydrogen-bond acceptors (Lipinski definition) is 6. The smallest absolute Gasteiger partial charge is 0.410 e. The van der Waals surface area contributed by atoms with E-state index in [9.17, 15) is 4.79 Å². The first-order valence-corrected chi connectivity index (χ1v) is 10.4. The molecule has 29 heavy (non-hydrogen) atoms. The molecule has 0 bridgehead atoms. The van der Waals surface area contributed by atoms with Crippen molar-refractivity contribution in [2.45, 2.75) is 52.2 Å². The molecule has 1 fully saturated rings. The number of aromatic nitrogens is 2. The van der Waals surface area contributed by atoms with Crippen LogP contribution >= 0.6 is 11.6 Å². The molecule has 0 radical (unpaired) electrons. The lowest BCUT2D eigenvalue weighted by atomic mass is 10.0. The molecular formula is C21H29ClN4O3. The van der Waals surface area contributed by atoms with Gasteiger partial charge in [0.15, 0.2) is 5.82 Å². The van der Waals surface area contributed by atoms with Crippen LogP contribution in [0.5, 0.6) is 0 Å². The highest BCUT2D eigenvalue weighted by molar-refractivity contribution is 6.31. The fraction of sp³-hybridized carbons (Fsp3) is 0.571. The molecule has 1 atom stereocenters. The third-order valence-corrected chi connectivity index (χ3v) is 5.16. The van der Waals surface area contributed by atoms with Crippen LogP contribution in [0.15, 0.2) is 28.8 Å². The van der Waals surface area contributed by atoms with Crippen LogP contribution in [-0.2, 0) is 11.2 Å². The lowest BCUT2D eigenvalue weighted by molar-refractivity contribution is 0.00325. The van der Waals surface area contributed by atoms with Gasteiger partial charge in [-0.15, -0.1) is 0 Å². The Labute approximate surface area is 177 Å². The van der Waals surface area contributed by atoms with Crippen molar-refractivity contribution >= 4 is 17.7 Å². The van der Waals surface area contributed by atoms with E-state index in [0.717, 1.165) is 31.5 Å². The summed E-state index contributed by atoms with van der Waals surface area (Å²) < 4.78 is 10.8. The van der Waals surface area contributed by atoms with Gasteiger partial charge in [0.2, 0.25) is 5.89 Å². The minimum atomic E-state index is -0.518. The van der Waals surface area contributed by atoms with Crippen LogP contribution in [0.3, 0.4) is 0 Å². The average Bonchev–Trinajstić information content (AvgIpc) is 3.06. The fourth-order valence-electron chi connectivity index (χ4n) is 3.50. The Kier molecular flexibility index (Phi) is 6.80. The second-order valence-corrected chi connectivity index (χ2v) is 8.75. The van der Waals surface area contributed by atoms with Gasteiger partial charge in [-0.3, -0.25) is 4.90 Å². The Hall–Kier alpha value is -2.12. The van der Waals surface area contributed by atoms with Gasteiger partial charge in [-0.2, -0.15) is 4.98 Å². The largest absolute Gasteiger partial charge is 0.444 e. The molecule has 7 nitrogen and oxygen atoms in total. The van der Waals surface area contributed by atoms with Gasteiger partial charge < -0.3 is 14.2 Å². The Bertz CT molecular complexity index is 833. The summed E-state index contributed by atoms with van der Waals surface area (Å²) in [5, 5.41) is 4.55. The normalized spacial score (nSPS) is 18.1. The van der Waals surface area contributed by atoms with Gasteiger partial charge in [0.25, 0.3) is 0 Å². The highest BCUT2D eigenvalue weighted by Crippen LogP contribution is 2.31. The summed E-state index contributed by atoms with van der Waals surface area (Å²) in [5.41, 5.74) is 0.507. The summed E-state index contributed by atoms with van der Waals surface area (Å²) in [5.74, 6) is 1.31. The second-order valence-electron chi connectivity index (χ2n) is 8.34. The van der Waals surface area contributed by atoms with Gasteiger partial charge in [0.05, 0.1) is 6.04 Å². The number of rotatable bonds is 5. The molecule has 0 N–H and O–H groups in total. The lowest BCUT2D eigenvalue weighted by Crippen LogP contribution is -2.51. The van der Waals surface area contributed by atoms with Crippen molar-refractivity contribution in [2.24, 2.45) is 0 Å². The molecule has 1 amide bonds. The number of ether oxygens (including phenoxy) is 1. The zero-order chi connectivity index (χ0) is 21.0. The lowest BCUT2D eigenvalue weighted by Gasteiger charge is -2.42. The first-order chi connectivity index (χ1) is 13.7. The summed E-state index contributed by atoms with van der Waals surface area (Å²) >= 11 is 6.49. The molecule has 0 spiro atoms. The maximum Gasteiger partial charge on any atom is 0.410 e. The van der Waals surface area contributed by atoms with Gasteiger partial charge in [-0.25, -0.2) is 4.79 Å². The van der Waals surface area contributed by atoms with Crippen LogP contribution in [0.4, 0.5) is 4.79 Å². The van der Waals surface area contributed by atoms with E-state index >= 15 is 0 Å². The van der Waals surface area contributed by atoms with Crippen molar-refractivity contribution in [1.82, 2.24) is 19.9 Å². The van der Waals surface area contributed by atoms with E-state index in [0.29, 0.717) is 29.8 Å². The number of amides is 1. The SMILES string of the molecule is Cc1noc(CCCN2CCN(C(=O)OC(C)(C)C)C[C@@H]2c2ccccc2Cl)n1. The molecule has 1 saturated heterocycles. The molecule has 0 saturated carbocycles. The van der Waals surface area contributed by atoms with E-state index in [1.54, 1.807) is 4.90 Å². The number of carbonyl (C=O) groups is 1. The molecule has 8 heteroatoms. The third-order valence-electron chi connectivity index (χ3n) is 4.81. The van der Waals surface area contributed by atoms with Crippen LogP contribution < -0.4 is 0 Å². The number of carbonyl (C=O) groups excluding carboxylic acids is 1. The summed E-state index contributed by atoms with van der Waals surface area (Å²) in [6.45, 7) is 10.2. The third kappa shape index (κ3) is 5.93. The van der Waals surface area contributed by atoms with Crippen molar-refractivity contribution in [3.05, 3.63) is 46.6 Å². The van der Waals surface area contributed by atoms with E-state index in [2.05, 4.69) is 15.0 Å². The van der Waals surface area contributed by atoms with E-state index in [1.165, 1.54) is 0 Å². The second kappa shape index (κ2) is 9.13. The van der Waals surface area contributed by atoms with Crippen molar-refractivity contribution in [1.29, 1.82) is 0 Å². The van der Waals surface area contributed by atoms with E-state index in [1.807, 2.05) is 52.0 Å². The predicted molar refractivity (Wildman–Crippen MR) is 111 cm³/mol. The zero-order valence-corrected chi connectivity index (χ0v) is 18.3. The van der Waals surface area contributed by atoms with Crippen molar-refractivity contribution in [2.75, 3.05) is 26.2 Å². The molecule has 0 aliphatic carbocycles. The van der Waals surface area contributed by atoms with Gasteiger partial charge in [0, 0.05) is 31.1 Å².